The third-order valence-electron chi connectivity index (χ3n) is 8.69. The van der Waals surface area contributed by atoms with Crippen molar-refractivity contribution >= 4 is 0 Å². The zero-order chi connectivity index (χ0) is 25.8. The highest BCUT2D eigenvalue weighted by Crippen LogP contribution is 2.26. The van der Waals surface area contributed by atoms with Crippen molar-refractivity contribution in [1.82, 2.24) is 10.6 Å². The van der Waals surface area contributed by atoms with Crippen molar-refractivity contribution in [1.29, 1.82) is 0 Å². The summed E-state index contributed by atoms with van der Waals surface area (Å²) in [4.78, 5) is 0. The van der Waals surface area contributed by atoms with Gasteiger partial charge in [-0.05, 0) is 38.8 Å². The van der Waals surface area contributed by atoms with E-state index < -0.39 is 0 Å². The van der Waals surface area contributed by atoms with Gasteiger partial charge in [-0.15, -0.1) is 0 Å². The van der Waals surface area contributed by atoms with E-state index in [1.807, 2.05) is 0 Å². The first-order valence-corrected chi connectivity index (χ1v) is 17.3. The minimum atomic E-state index is 0.258. The summed E-state index contributed by atoms with van der Waals surface area (Å²) < 4.78 is 0. The Hall–Kier alpha value is -0.0800. The van der Waals surface area contributed by atoms with Crippen molar-refractivity contribution in [2.45, 2.75) is 206 Å². The molecule has 1 aliphatic rings. The predicted octanol–water partition coefficient (Wildman–Crippen LogP) is 11.2. The van der Waals surface area contributed by atoms with Gasteiger partial charge in [-0.1, -0.05) is 174 Å². The highest BCUT2D eigenvalue weighted by Gasteiger charge is 2.30. The van der Waals surface area contributed by atoms with Crippen LogP contribution in [-0.2, 0) is 0 Å². The summed E-state index contributed by atoms with van der Waals surface area (Å²) in [6.45, 7) is 7.04. The van der Waals surface area contributed by atoms with Gasteiger partial charge in [0.2, 0.25) is 0 Å². The topological polar surface area (TPSA) is 24.1 Å². The molecular formula is C34H70N2. The molecule has 216 valence electrons. The molecule has 0 aliphatic heterocycles. The predicted molar refractivity (Wildman–Crippen MR) is 164 cm³/mol. The molecule has 0 heterocycles. The lowest BCUT2D eigenvalue weighted by molar-refractivity contribution is 0.179. The van der Waals surface area contributed by atoms with Crippen LogP contribution in [0.2, 0.25) is 0 Å². The van der Waals surface area contributed by atoms with Crippen LogP contribution >= 0.6 is 0 Å². The lowest BCUT2D eigenvalue weighted by Gasteiger charge is -2.39. The minimum absolute atomic E-state index is 0.258. The molecule has 2 N–H and O–H groups in total. The van der Waals surface area contributed by atoms with Crippen LogP contribution < -0.4 is 10.6 Å². The Kier molecular flexibility index (Phi) is 25.0. The summed E-state index contributed by atoms with van der Waals surface area (Å²) in [6.07, 6.45) is 41.4. The van der Waals surface area contributed by atoms with Crippen LogP contribution in [0.15, 0.2) is 0 Å². The van der Waals surface area contributed by atoms with E-state index in [0.29, 0.717) is 0 Å². The van der Waals surface area contributed by atoms with Gasteiger partial charge in [0.05, 0.1) is 5.66 Å². The first-order chi connectivity index (χ1) is 17.8. The molecule has 0 saturated heterocycles. The summed E-state index contributed by atoms with van der Waals surface area (Å²) in [5.41, 5.74) is 0.258. The van der Waals surface area contributed by atoms with Gasteiger partial charge in [-0.2, -0.15) is 0 Å². The van der Waals surface area contributed by atoms with Gasteiger partial charge in [-0.25, -0.2) is 0 Å². The fourth-order valence-electron chi connectivity index (χ4n) is 6.16. The second-order valence-corrected chi connectivity index (χ2v) is 12.3. The van der Waals surface area contributed by atoms with Gasteiger partial charge in [0, 0.05) is 0 Å². The van der Waals surface area contributed by atoms with E-state index in [1.54, 1.807) is 0 Å². The Morgan fingerprint density at radius 2 is 0.639 bits per heavy atom. The van der Waals surface area contributed by atoms with E-state index in [9.17, 15) is 0 Å². The molecule has 0 bridgehead atoms. The van der Waals surface area contributed by atoms with Crippen molar-refractivity contribution in [3.8, 4) is 0 Å². The van der Waals surface area contributed by atoms with Crippen molar-refractivity contribution in [2.24, 2.45) is 0 Å². The van der Waals surface area contributed by atoms with Crippen molar-refractivity contribution in [3.05, 3.63) is 0 Å². The van der Waals surface area contributed by atoms with Gasteiger partial charge in [-0.3, -0.25) is 10.6 Å². The first-order valence-electron chi connectivity index (χ1n) is 17.3. The van der Waals surface area contributed by atoms with Crippen molar-refractivity contribution in [2.75, 3.05) is 13.1 Å². The van der Waals surface area contributed by atoms with Gasteiger partial charge in [0.25, 0.3) is 0 Å². The fraction of sp³-hybridized carbons (Fsp3) is 1.00. The van der Waals surface area contributed by atoms with E-state index in [4.69, 9.17) is 0 Å². The number of hydrogen-bond donors (Lipinski definition) is 2. The molecule has 2 heteroatoms. The molecule has 0 aromatic rings. The van der Waals surface area contributed by atoms with Gasteiger partial charge < -0.3 is 0 Å². The Morgan fingerprint density at radius 1 is 0.361 bits per heavy atom. The molecule has 1 fully saturated rings. The molecule has 0 atom stereocenters. The summed E-state index contributed by atoms with van der Waals surface area (Å²) >= 11 is 0. The number of rotatable bonds is 28. The summed E-state index contributed by atoms with van der Waals surface area (Å²) in [5, 5.41) is 8.01. The normalized spacial score (nSPS) is 15.5. The summed E-state index contributed by atoms with van der Waals surface area (Å²) in [7, 11) is 0. The summed E-state index contributed by atoms with van der Waals surface area (Å²) in [5.74, 6) is 0. The molecule has 0 spiro atoms. The minimum Gasteiger partial charge on any atom is -0.299 e. The second-order valence-electron chi connectivity index (χ2n) is 12.3. The zero-order valence-corrected chi connectivity index (χ0v) is 25.4. The van der Waals surface area contributed by atoms with Crippen LogP contribution in [0.25, 0.3) is 0 Å². The SMILES string of the molecule is CCCCCCCCCCCCCCNC1(NCCCCCCCCCCCCCC)CCCCC1. The Balaban J connectivity index is 1.95. The van der Waals surface area contributed by atoms with E-state index in [0.717, 1.165) is 0 Å². The smallest absolute Gasteiger partial charge is 0.0687 e. The lowest BCUT2D eigenvalue weighted by atomic mass is 9.88. The lowest BCUT2D eigenvalue weighted by Crippen LogP contribution is -2.58. The number of hydrogen-bond acceptors (Lipinski definition) is 2. The number of unbranched alkanes of at least 4 members (excludes halogenated alkanes) is 22. The molecule has 36 heavy (non-hydrogen) atoms. The van der Waals surface area contributed by atoms with E-state index in [1.165, 1.54) is 199 Å². The van der Waals surface area contributed by atoms with Crippen LogP contribution in [0, 0.1) is 0 Å². The summed E-state index contributed by atoms with van der Waals surface area (Å²) in [6, 6.07) is 0. The standard InChI is InChI=1S/C34H70N2/c1-3-5-7-9-11-13-15-17-19-21-23-28-32-35-34(30-26-25-27-31-34)36-33-29-24-22-20-18-16-14-12-10-8-6-4-2/h35-36H,3-33H2,1-2H3. The number of nitrogens with one attached hydrogen (secondary N) is 2. The fourth-order valence-corrected chi connectivity index (χ4v) is 6.16. The molecule has 0 radical (unpaired) electrons. The maximum atomic E-state index is 4.00. The molecule has 2 nitrogen and oxygen atoms in total. The van der Waals surface area contributed by atoms with Crippen LogP contribution in [0.3, 0.4) is 0 Å². The highest BCUT2D eigenvalue weighted by molar-refractivity contribution is 4.88. The molecule has 0 unspecified atom stereocenters. The third-order valence-corrected chi connectivity index (χ3v) is 8.69. The molecule has 1 rings (SSSR count). The van der Waals surface area contributed by atoms with E-state index in [-0.39, 0.29) is 5.66 Å². The third kappa shape index (κ3) is 20.9. The Bertz CT molecular complexity index is 383. The maximum Gasteiger partial charge on any atom is 0.0687 e. The molecular weight excluding hydrogens is 436 g/mol. The molecule has 0 aromatic carbocycles. The average molecular weight is 507 g/mol. The van der Waals surface area contributed by atoms with Crippen LogP contribution in [0.1, 0.15) is 200 Å². The van der Waals surface area contributed by atoms with Gasteiger partial charge in [0.1, 0.15) is 0 Å². The second kappa shape index (κ2) is 26.5. The first kappa shape index (κ1) is 33.9. The van der Waals surface area contributed by atoms with Gasteiger partial charge >= 0.3 is 0 Å². The Morgan fingerprint density at radius 3 is 0.944 bits per heavy atom. The van der Waals surface area contributed by atoms with Crippen LogP contribution in [0.5, 0.6) is 0 Å². The highest BCUT2D eigenvalue weighted by atomic mass is 15.2. The monoisotopic (exact) mass is 507 g/mol. The van der Waals surface area contributed by atoms with Crippen molar-refractivity contribution in [3.63, 3.8) is 0 Å². The largest absolute Gasteiger partial charge is 0.299 e. The Labute approximate surface area is 229 Å². The van der Waals surface area contributed by atoms with Crippen molar-refractivity contribution < 1.29 is 0 Å². The van der Waals surface area contributed by atoms with Gasteiger partial charge in [0.15, 0.2) is 0 Å². The molecule has 0 aromatic heterocycles. The molecule has 1 saturated carbocycles. The quantitative estimate of drug-likeness (QED) is 0.0814. The van der Waals surface area contributed by atoms with E-state index in [2.05, 4.69) is 24.5 Å². The average Bonchev–Trinajstić information content (AvgIpc) is 2.90. The van der Waals surface area contributed by atoms with Crippen LogP contribution in [0.4, 0.5) is 0 Å². The zero-order valence-electron chi connectivity index (χ0n) is 25.4. The molecule has 1 aliphatic carbocycles. The molecule has 0 amide bonds. The maximum absolute atomic E-state index is 4.00. The van der Waals surface area contributed by atoms with E-state index >= 15 is 0 Å². The van der Waals surface area contributed by atoms with Crippen LogP contribution in [-0.4, -0.2) is 18.8 Å².